The number of carbonyl (C=O) groups is 1. The molecule has 0 fully saturated rings. The molecule has 0 atom stereocenters. The summed E-state index contributed by atoms with van der Waals surface area (Å²) in [5.74, 6) is 1.15. The fraction of sp³-hybridized carbons (Fsp3) is 0.556. The molecule has 1 aromatic carbocycles. The molecule has 0 saturated heterocycles. The lowest BCUT2D eigenvalue weighted by atomic mass is 10.1. The van der Waals surface area contributed by atoms with Gasteiger partial charge in [-0.1, -0.05) is 37.6 Å². The van der Waals surface area contributed by atoms with Gasteiger partial charge >= 0.3 is 0 Å². The summed E-state index contributed by atoms with van der Waals surface area (Å²) in [5, 5.41) is 9.57. The van der Waals surface area contributed by atoms with Gasteiger partial charge < -0.3 is 20.7 Å². The van der Waals surface area contributed by atoms with Crippen LogP contribution in [0, 0.1) is 5.92 Å². The average molecular weight is 497 g/mol. The van der Waals surface area contributed by atoms with Crippen LogP contribution in [0.3, 0.4) is 0 Å². The van der Waals surface area contributed by atoms with Gasteiger partial charge in [0.25, 0.3) is 5.91 Å². The van der Waals surface area contributed by atoms with Crippen molar-refractivity contribution in [2.75, 3.05) is 39.9 Å². The van der Waals surface area contributed by atoms with Crippen LogP contribution < -0.4 is 16.0 Å². The molecule has 148 valence electrons. The van der Waals surface area contributed by atoms with Gasteiger partial charge in [0.2, 0.25) is 0 Å². The molecule has 0 radical (unpaired) electrons. The van der Waals surface area contributed by atoms with Gasteiger partial charge in [-0.3, -0.25) is 9.79 Å². The minimum atomic E-state index is -0.186. The summed E-state index contributed by atoms with van der Waals surface area (Å²) >= 11 is 6.00. The number of hydrogen-bond donors (Lipinski definition) is 3. The molecular weight excluding hydrogens is 467 g/mol. The molecular formula is C18H30ClIN4O2. The van der Waals surface area contributed by atoms with E-state index in [9.17, 15) is 4.79 Å². The average Bonchev–Trinajstić information content (AvgIpc) is 2.59. The summed E-state index contributed by atoms with van der Waals surface area (Å²) in [5.41, 5.74) is 0.477. The Labute approximate surface area is 178 Å². The zero-order valence-electron chi connectivity index (χ0n) is 15.7. The first kappa shape index (κ1) is 24.9. The van der Waals surface area contributed by atoms with Crippen molar-refractivity contribution < 1.29 is 9.53 Å². The van der Waals surface area contributed by atoms with E-state index >= 15 is 0 Å². The van der Waals surface area contributed by atoms with Gasteiger partial charge in [0.1, 0.15) is 0 Å². The monoisotopic (exact) mass is 496 g/mol. The second kappa shape index (κ2) is 15.0. The highest BCUT2D eigenvalue weighted by Gasteiger charge is 2.08. The van der Waals surface area contributed by atoms with E-state index in [-0.39, 0.29) is 29.9 Å². The summed E-state index contributed by atoms with van der Waals surface area (Å²) in [6.45, 7) is 7.48. The van der Waals surface area contributed by atoms with Crippen molar-refractivity contribution in [3.05, 3.63) is 34.9 Å². The zero-order valence-corrected chi connectivity index (χ0v) is 18.8. The third kappa shape index (κ3) is 10.8. The van der Waals surface area contributed by atoms with Crippen LogP contribution in [-0.2, 0) is 4.74 Å². The van der Waals surface area contributed by atoms with Crippen LogP contribution >= 0.6 is 35.6 Å². The molecule has 0 saturated carbocycles. The van der Waals surface area contributed by atoms with Crippen molar-refractivity contribution in [3.63, 3.8) is 0 Å². The molecule has 1 aromatic rings. The van der Waals surface area contributed by atoms with Gasteiger partial charge in [-0.2, -0.15) is 0 Å². The molecule has 0 heterocycles. The second-order valence-corrected chi connectivity index (χ2v) is 6.36. The highest BCUT2D eigenvalue weighted by Crippen LogP contribution is 2.14. The Morgan fingerprint density at radius 3 is 2.42 bits per heavy atom. The molecule has 3 N–H and O–H groups in total. The summed E-state index contributed by atoms with van der Waals surface area (Å²) in [4.78, 5) is 16.1. The minimum Gasteiger partial charge on any atom is -0.380 e. The molecule has 6 nitrogen and oxygen atoms in total. The summed E-state index contributed by atoms with van der Waals surface area (Å²) in [7, 11) is 1.71. The molecule has 0 spiro atoms. The van der Waals surface area contributed by atoms with Gasteiger partial charge in [0.15, 0.2) is 5.96 Å². The molecule has 1 rings (SSSR count). The first-order valence-electron chi connectivity index (χ1n) is 8.59. The first-order valence-corrected chi connectivity index (χ1v) is 8.97. The normalized spacial score (nSPS) is 11.0. The lowest BCUT2D eigenvalue weighted by molar-refractivity contribution is 0.0954. The second-order valence-electron chi connectivity index (χ2n) is 5.96. The van der Waals surface area contributed by atoms with Crippen LogP contribution in [0.1, 0.15) is 30.6 Å². The van der Waals surface area contributed by atoms with Crippen LogP contribution in [-0.4, -0.2) is 51.8 Å². The van der Waals surface area contributed by atoms with Crippen molar-refractivity contribution in [1.82, 2.24) is 16.0 Å². The number of aliphatic imine (C=N–C) groups is 1. The van der Waals surface area contributed by atoms with Gasteiger partial charge in [0.05, 0.1) is 17.2 Å². The fourth-order valence-electron chi connectivity index (χ4n) is 1.98. The molecule has 0 aliphatic rings. The quantitative estimate of drug-likeness (QED) is 0.202. The standard InChI is InChI=1S/C18H29ClN4O2.HI/c1-14(2)8-12-25-13-11-23-18(20-3)22-10-9-21-17(24)15-6-4-5-7-16(15)19;/h4-7,14H,8-13H2,1-3H3,(H,21,24)(H2,20,22,23);1H. The molecule has 0 aliphatic carbocycles. The van der Waals surface area contributed by atoms with Crippen molar-refractivity contribution in [1.29, 1.82) is 0 Å². The predicted molar refractivity (Wildman–Crippen MR) is 119 cm³/mol. The lowest BCUT2D eigenvalue weighted by Gasteiger charge is -2.13. The SMILES string of the molecule is CN=C(NCCNC(=O)c1ccccc1Cl)NCCOCCC(C)C.I. The van der Waals surface area contributed by atoms with Crippen LogP contribution in [0.25, 0.3) is 0 Å². The first-order chi connectivity index (χ1) is 12.0. The minimum absolute atomic E-state index is 0. The Bertz CT molecular complexity index is 556. The van der Waals surface area contributed by atoms with E-state index < -0.39 is 0 Å². The highest BCUT2D eigenvalue weighted by atomic mass is 127. The van der Waals surface area contributed by atoms with Gasteiger partial charge in [0, 0.05) is 33.3 Å². The third-order valence-electron chi connectivity index (χ3n) is 3.42. The third-order valence-corrected chi connectivity index (χ3v) is 3.75. The van der Waals surface area contributed by atoms with Gasteiger partial charge in [-0.25, -0.2) is 0 Å². The fourth-order valence-corrected chi connectivity index (χ4v) is 2.20. The number of benzene rings is 1. The Balaban J connectivity index is 0.00000625. The van der Waals surface area contributed by atoms with Crippen LogP contribution in [0.2, 0.25) is 5.02 Å². The summed E-state index contributed by atoms with van der Waals surface area (Å²) in [6, 6.07) is 6.98. The number of carbonyl (C=O) groups excluding carboxylic acids is 1. The van der Waals surface area contributed by atoms with Crippen molar-refractivity contribution in [2.24, 2.45) is 10.9 Å². The number of halogens is 2. The lowest BCUT2D eigenvalue weighted by Crippen LogP contribution is -2.42. The van der Waals surface area contributed by atoms with Crippen molar-refractivity contribution in [3.8, 4) is 0 Å². The predicted octanol–water partition coefficient (Wildman–Crippen LogP) is 2.92. The molecule has 26 heavy (non-hydrogen) atoms. The van der Waals surface area contributed by atoms with E-state index in [1.54, 1.807) is 31.3 Å². The van der Waals surface area contributed by atoms with E-state index in [1.807, 2.05) is 0 Å². The van der Waals surface area contributed by atoms with Crippen molar-refractivity contribution in [2.45, 2.75) is 20.3 Å². The maximum atomic E-state index is 12.0. The molecule has 0 bridgehead atoms. The maximum Gasteiger partial charge on any atom is 0.252 e. The number of rotatable bonds is 10. The summed E-state index contributed by atoms with van der Waals surface area (Å²) < 4.78 is 5.54. The van der Waals surface area contributed by atoms with E-state index in [0.29, 0.717) is 48.7 Å². The zero-order chi connectivity index (χ0) is 18.5. The maximum absolute atomic E-state index is 12.0. The molecule has 1 amide bonds. The van der Waals surface area contributed by atoms with Crippen LogP contribution in [0.15, 0.2) is 29.3 Å². The Kier molecular flexibility index (Phi) is 14.4. The molecule has 0 aliphatic heterocycles. The Morgan fingerprint density at radius 1 is 1.12 bits per heavy atom. The topological polar surface area (TPSA) is 74.8 Å². The molecule has 0 unspecified atom stereocenters. The number of nitrogens with one attached hydrogen (secondary N) is 3. The molecule has 8 heteroatoms. The summed E-state index contributed by atoms with van der Waals surface area (Å²) in [6.07, 6.45) is 1.07. The highest BCUT2D eigenvalue weighted by molar-refractivity contribution is 14.0. The number of amides is 1. The number of nitrogens with zero attached hydrogens (tertiary/aromatic N) is 1. The van der Waals surface area contributed by atoms with Crippen LogP contribution in [0.5, 0.6) is 0 Å². The number of guanidine groups is 1. The van der Waals surface area contributed by atoms with E-state index in [1.165, 1.54) is 0 Å². The smallest absolute Gasteiger partial charge is 0.252 e. The Morgan fingerprint density at radius 2 is 1.77 bits per heavy atom. The van der Waals surface area contributed by atoms with Crippen molar-refractivity contribution >= 4 is 47.4 Å². The van der Waals surface area contributed by atoms with Gasteiger partial charge in [-0.05, 0) is 24.5 Å². The number of ether oxygens (including phenoxy) is 1. The van der Waals surface area contributed by atoms with E-state index in [2.05, 4.69) is 34.8 Å². The van der Waals surface area contributed by atoms with Crippen LogP contribution in [0.4, 0.5) is 0 Å². The Hall–Kier alpha value is -1.06. The largest absolute Gasteiger partial charge is 0.380 e. The van der Waals surface area contributed by atoms with E-state index in [4.69, 9.17) is 16.3 Å². The number of hydrogen-bond acceptors (Lipinski definition) is 3. The molecule has 0 aromatic heterocycles. The van der Waals surface area contributed by atoms with E-state index in [0.717, 1.165) is 13.0 Å². The van der Waals surface area contributed by atoms with Gasteiger partial charge in [-0.15, -0.1) is 24.0 Å².